The van der Waals surface area contributed by atoms with Gasteiger partial charge in [-0.1, -0.05) is 91.0 Å². The maximum Gasteiger partial charge on any atom is 0.111 e. The molecule has 0 fully saturated rings. The number of nitrogens with one attached hydrogen (secondary N) is 1. The van der Waals surface area contributed by atoms with Crippen molar-refractivity contribution in [2.45, 2.75) is 6.42 Å². The molecule has 116 valence electrons. The van der Waals surface area contributed by atoms with Gasteiger partial charge in [-0.25, -0.2) is 4.98 Å². The van der Waals surface area contributed by atoms with Gasteiger partial charge in [-0.3, -0.25) is 0 Å². The summed E-state index contributed by atoms with van der Waals surface area (Å²) in [5, 5.41) is 0. The predicted octanol–water partition coefficient (Wildman–Crippen LogP) is 5.33. The Hall–Kier alpha value is -3.13. The number of H-pyrrole nitrogens is 1. The maximum atomic E-state index is 4.90. The van der Waals surface area contributed by atoms with Gasteiger partial charge in [0.25, 0.3) is 0 Å². The van der Waals surface area contributed by atoms with Gasteiger partial charge in [-0.15, -0.1) is 0 Å². The van der Waals surface area contributed by atoms with Gasteiger partial charge in [0.15, 0.2) is 0 Å². The summed E-state index contributed by atoms with van der Waals surface area (Å²) in [5.41, 5.74) is 5.63. The highest BCUT2D eigenvalue weighted by molar-refractivity contribution is 5.78. The van der Waals surface area contributed by atoms with Crippen LogP contribution in [0.3, 0.4) is 0 Å². The van der Waals surface area contributed by atoms with Crippen LogP contribution in [0.1, 0.15) is 11.4 Å². The first-order valence-corrected chi connectivity index (χ1v) is 8.14. The Morgan fingerprint density at radius 1 is 0.625 bits per heavy atom. The Bertz CT molecular complexity index is 853. The molecule has 1 N–H and O–H groups in total. The molecular formula is C22H18N2. The van der Waals surface area contributed by atoms with Crippen LogP contribution >= 0.6 is 0 Å². The van der Waals surface area contributed by atoms with Gasteiger partial charge in [-0.2, -0.15) is 0 Å². The van der Waals surface area contributed by atoms with E-state index in [9.17, 15) is 0 Å². The molecule has 0 radical (unpaired) electrons. The van der Waals surface area contributed by atoms with Crippen molar-refractivity contribution >= 4 is 0 Å². The van der Waals surface area contributed by atoms with Crippen LogP contribution in [0.4, 0.5) is 0 Å². The fourth-order valence-electron chi connectivity index (χ4n) is 2.91. The molecule has 3 aromatic carbocycles. The molecule has 1 heterocycles. The number of hydrogen-bond donors (Lipinski definition) is 1. The van der Waals surface area contributed by atoms with E-state index in [1.807, 2.05) is 18.2 Å². The van der Waals surface area contributed by atoms with Crippen molar-refractivity contribution in [3.05, 3.63) is 102 Å². The number of aromatic amines is 1. The van der Waals surface area contributed by atoms with E-state index in [4.69, 9.17) is 4.98 Å². The third-order valence-electron chi connectivity index (χ3n) is 4.08. The molecule has 0 saturated heterocycles. The minimum absolute atomic E-state index is 0.799. The molecule has 2 heteroatoms. The second-order valence-electron chi connectivity index (χ2n) is 5.80. The predicted molar refractivity (Wildman–Crippen MR) is 98.7 cm³/mol. The quantitative estimate of drug-likeness (QED) is 0.542. The van der Waals surface area contributed by atoms with Crippen molar-refractivity contribution in [1.82, 2.24) is 9.97 Å². The van der Waals surface area contributed by atoms with Crippen LogP contribution < -0.4 is 0 Å². The molecule has 0 aliphatic heterocycles. The third-order valence-corrected chi connectivity index (χ3v) is 4.08. The van der Waals surface area contributed by atoms with Crippen LogP contribution in [0, 0.1) is 0 Å². The standard InChI is InChI=1S/C22H18N2/c1-4-10-17(11-5-1)16-20-23-21(18-12-6-2-7-13-18)22(24-20)19-14-8-3-9-15-19/h1-15H,16H2,(H,23,24). The molecule has 2 nitrogen and oxygen atoms in total. The molecule has 4 aromatic rings. The summed E-state index contributed by atoms with van der Waals surface area (Å²) in [7, 11) is 0. The Morgan fingerprint density at radius 2 is 1.17 bits per heavy atom. The van der Waals surface area contributed by atoms with Crippen LogP contribution in [0.2, 0.25) is 0 Å². The van der Waals surface area contributed by atoms with Gasteiger partial charge in [0.2, 0.25) is 0 Å². The van der Waals surface area contributed by atoms with E-state index in [0.717, 1.165) is 34.8 Å². The highest BCUT2D eigenvalue weighted by Gasteiger charge is 2.14. The zero-order chi connectivity index (χ0) is 16.2. The summed E-state index contributed by atoms with van der Waals surface area (Å²) in [6, 6.07) is 31.2. The molecule has 4 rings (SSSR count). The van der Waals surface area contributed by atoms with E-state index in [0.29, 0.717) is 0 Å². The van der Waals surface area contributed by atoms with Gasteiger partial charge in [0.1, 0.15) is 5.82 Å². The molecule has 0 bridgehead atoms. The minimum Gasteiger partial charge on any atom is -0.341 e. The summed E-state index contributed by atoms with van der Waals surface area (Å²) < 4.78 is 0. The fraction of sp³-hybridized carbons (Fsp3) is 0.0455. The number of aromatic nitrogens is 2. The molecule has 0 amide bonds. The lowest BCUT2D eigenvalue weighted by atomic mass is 10.1. The van der Waals surface area contributed by atoms with Crippen LogP contribution in [0.25, 0.3) is 22.5 Å². The summed E-state index contributed by atoms with van der Waals surface area (Å²) in [6.07, 6.45) is 0.799. The maximum absolute atomic E-state index is 4.90. The normalized spacial score (nSPS) is 10.7. The first-order chi connectivity index (χ1) is 11.9. The number of rotatable bonds is 4. The zero-order valence-corrected chi connectivity index (χ0v) is 13.3. The SMILES string of the molecule is c1ccc(Cc2nc(-c3ccccc3)c(-c3ccccc3)[nH]2)cc1. The van der Waals surface area contributed by atoms with Gasteiger partial charge in [0, 0.05) is 17.5 Å². The molecule has 0 saturated carbocycles. The molecule has 24 heavy (non-hydrogen) atoms. The van der Waals surface area contributed by atoms with E-state index in [-0.39, 0.29) is 0 Å². The first-order valence-electron chi connectivity index (χ1n) is 8.14. The lowest BCUT2D eigenvalue weighted by Crippen LogP contribution is -1.90. The van der Waals surface area contributed by atoms with Crippen molar-refractivity contribution < 1.29 is 0 Å². The Morgan fingerprint density at radius 3 is 1.79 bits per heavy atom. The minimum atomic E-state index is 0.799. The smallest absolute Gasteiger partial charge is 0.111 e. The molecule has 1 aromatic heterocycles. The van der Waals surface area contributed by atoms with Gasteiger partial charge in [-0.05, 0) is 5.56 Å². The second kappa shape index (κ2) is 6.55. The number of imidazole rings is 1. The highest BCUT2D eigenvalue weighted by Crippen LogP contribution is 2.30. The van der Waals surface area contributed by atoms with Gasteiger partial charge < -0.3 is 4.98 Å². The molecule has 0 unspecified atom stereocenters. The average Bonchev–Trinajstić information content (AvgIpc) is 3.08. The van der Waals surface area contributed by atoms with Crippen LogP contribution in [0.15, 0.2) is 91.0 Å². The molecule has 0 aliphatic carbocycles. The highest BCUT2D eigenvalue weighted by atomic mass is 14.9. The molecule has 0 aliphatic rings. The van der Waals surface area contributed by atoms with Crippen molar-refractivity contribution in [2.24, 2.45) is 0 Å². The summed E-state index contributed by atoms with van der Waals surface area (Å²) in [4.78, 5) is 8.43. The number of nitrogens with zero attached hydrogens (tertiary/aromatic N) is 1. The van der Waals surface area contributed by atoms with E-state index in [1.54, 1.807) is 0 Å². The van der Waals surface area contributed by atoms with Crippen molar-refractivity contribution in [3.63, 3.8) is 0 Å². The zero-order valence-electron chi connectivity index (χ0n) is 13.3. The van der Waals surface area contributed by atoms with Gasteiger partial charge in [0.05, 0.1) is 11.4 Å². The van der Waals surface area contributed by atoms with E-state index in [1.165, 1.54) is 5.56 Å². The van der Waals surface area contributed by atoms with Gasteiger partial charge >= 0.3 is 0 Å². The summed E-state index contributed by atoms with van der Waals surface area (Å²) >= 11 is 0. The molecule has 0 spiro atoms. The molecule has 0 atom stereocenters. The van der Waals surface area contributed by atoms with Crippen molar-refractivity contribution in [2.75, 3.05) is 0 Å². The average molecular weight is 310 g/mol. The van der Waals surface area contributed by atoms with E-state index >= 15 is 0 Å². The van der Waals surface area contributed by atoms with E-state index in [2.05, 4.69) is 77.8 Å². The van der Waals surface area contributed by atoms with E-state index < -0.39 is 0 Å². The Labute approximate surface area is 141 Å². The second-order valence-corrected chi connectivity index (χ2v) is 5.80. The first kappa shape index (κ1) is 14.5. The topological polar surface area (TPSA) is 28.7 Å². The largest absolute Gasteiger partial charge is 0.341 e. The number of benzene rings is 3. The van der Waals surface area contributed by atoms with Crippen LogP contribution in [-0.4, -0.2) is 9.97 Å². The Kier molecular flexibility index (Phi) is 3.95. The number of hydrogen-bond acceptors (Lipinski definition) is 1. The van der Waals surface area contributed by atoms with Crippen LogP contribution in [0.5, 0.6) is 0 Å². The summed E-state index contributed by atoms with van der Waals surface area (Å²) in [5.74, 6) is 0.985. The fourth-order valence-corrected chi connectivity index (χ4v) is 2.91. The van der Waals surface area contributed by atoms with Crippen molar-refractivity contribution in [3.8, 4) is 22.5 Å². The van der Waals surface area contributed by atoms with Crippen LogP contribution in [-0.2, 0) is 6.42 Å². The lowest BCUT2D eigenvalue weighted by Gasteiger charge is -2.02. The lowest BCUT2D eigenvalue weighted by molar-refractivity contribution is 1.03. The van der Waals surface area contributed by atoms with Crippen molar-refractivity contribution in [1.29, 1.82) is 0 Å². The third kappa shape index (κ3) is 2.99. The monoisotopic (exact) mass is 310 g/mol. The Balaban J connectivity index is 1.79. The molecular weight excluding hydrogens is 292 g/mol. The summed E-state index contributed by atoms with van der Waals surface area (Å²) in [6.45, 7) is 0.